The number of carbonyl (C=O) groups is 3. The van der Waals surface area contributed by atoms with Crippen LogP contribution >= 0.6 is 0 Å². The van der Waals surface area contributed by atoms with Crippen molar-refractivity contribution in [3.63, 3.8) is 0 Å². The number of fused-ring (bicyclic) bond motifs is 5. The quantitative estimate of drug-likeness (QED) is 0.118. The smallest absolute Gasteiger partial charge is 0.333 e. The zero-order valence-electron chi connectivity index (χ0n) is 41.2. The first-order valence-electron chi connectivity index (χ1n) is 24.1. The summed E-state index contributed by atoms with van der Waals surface area (Å²) >= 11 is 0. The summed E-state index contributed by atoms with van der Waals surface area (Å²) in [7, 11) is 4.58. The molecule has 7 aliphatic rings. The van der Waals surface area contributed by atoms with Crippen LogP contribution in [0, 0.1) is 22.7 Å². The minimum absolute atomic E-state index is 0.0205. The molecule has 0 unspecified atom stereocenters. The fourth-order valence-electron chi connectivity index (χ4n) is 13.3. The molecule has 3 saturated carbocycles. The first-order chi connectivity index (χ1) is 31.5. The molecule has 0 aromatic rings. The fourth-order valence-corrected chi connectivity index (χ4v) is 13.3. The summed E-state index contributed by atoms with van der Waals surface area (Å²) in [5, 5.41) is 47.5. The minimum atomic E-state index is -1.88. The molecule has 18 heteroatoms. The molecular weight excluding hydrogens is 877 g/mol. The zero-order chi connectivity index (χ0) is 49.1. The van der Waals surface area contributed by atoms with Crippen molar-refractivity contribution in [1.29, 1.82) is 0 Å². The van der Waals surface area contributed by atoms with E-state index >= 15 is 0 Å². The number of hydrogen-bond donors (Lipinski definition) is 4. The molecule has 380 valence electrons. The van der Waals surface area contributed by atoms with E-state index < -0.39 is 138 Å². The monoisotopic (exact) mass is 953 g/mol. The number of Topliss-reactive ketones (excluding diaryl/α,β-unsaturated/α-hetero) is 1. The molecule has 18 nitrogen and oxygen atoms in total. The van der Waals surface area contributed by atoms with Gasteiger partial charge in [-0.25, -0.2) is 4.79 Å². The maximum absolute atomic E-state index is 13.6. The fraction of sp³-hybridized carbons (Fsp3) is 0.857. The highest BCUT2D eigenvalue weighted by atomic mass is 16.8. The van der Waals surface area contributed by atoms with E-state index in [4.69, 9.17) is 52.1 Å². The molecule has 0 spiro atoms. The second-order valence-electron chi connectivity index (χ2n) is 20.6. The number of aliphatic hydroxyl groups excluding tert-OH is 2. The van der Waals surface area contributed by atoms with E-state index in [0.29, 0.717) is 31.3 Å². The Labute approximate surface area is 394 Å². The summed E-state index contributed by atoms with van der Waals surface area (Å²) in [5.74, 6) is -3.19. The van der Waals surface area contributed by atoms with Crippen molar-refractivity contribution < 1.29 is 86.9 Å². The molecule has 0 aromatic heterocycles. The Kier molecular flexibility index (Phi) is 15.6. The average molecular weight is 953 g/mol. The average Bonchev–Trinajstić information content (AvgIpc) is 3.57. The van der Waals surface area contributed by atoms with Gasteiger partial charge in [-0.15, -0.1) is 0 Å². The van der Waals surface area contributed by atoms with Crippen LogP contribution in [0.1, 0.15) is 114 Å². The lowest BCUT2D eigenvalue weighted by molar-refractivity contribution is -0.352. The van der Waals surface area contributed by atoms with Gasteiger partial charge >= 0.3 is 11.9 Å². The van der Waals surface area contributed by atoms with Gasteiger partial charge in [0.05, 0.1) is 36.6 Å². The lowest BCUT2D eigenvalue weighted by atomic mass is 9.42. The molecule has 6 fully saturated rings. The molecule has 22 atom stereocenters. The normalized spacial score (nSPS) is 48.9. The number of allylic oxidation sites excluding steroid dienone is 1. The van der Waals surface area contributed by atoms with Crippen LogP contribution in [-0.4, -0.2) is 169 Å². The van der Waals surface area contributed by atoms with Crippen molar-refractivity contribution in [3.05, 3.63) is 23.3 Å². The van der Waals surface area contributed by atoms with E-state index in [2.05, 4.69) is 0 Å². The van der Waals surface area contributed by atoms with E-state index in [1.54, 1.807) is 48.0 Å². The maximum atomic E-state index is 13.6. The van der Waals surface area contributed by atoms with Crippen LogP contribution in [0.4, 0.5) is 0 Å². The Balaban J connectivity index is 1.04. The van der Waals surface area contributed by atoms with Gasteiger partial charge in [-0.1, -0.05) is 31.6 Å². The second-order valence-corrected chi connectivity index (χ2v) is 20.6. The van der Waals surface area contributed by atoms with Crippen molar-refractivity contribution in [2.45, 2.75) is 223 Å². The third-order valence-corrected chi connectivity index (χ3v) is 17.0. The van der Waals surface area contributed by atoms with E-state index in [1.165, 1.54) is 21.0 Å². The number of esters is 2. The molecule has 7 rings (SSSR count). The summed E-state index contributed by atoms with van der Waals surface area (Å²) in [5.41, 5.74) is -4.78. The van der Waals surface area contributed by atoms with Gasteiger partial charge in [0.15, 0.2) is 18.9 Å². The van der Waals surface area contributed by atoms with Crippen molar-refractivity contribution in [3.8, 4) is 0 Å². The van der Waals surface area contributed by atoms with Gasteiger partial charge in [0.1, 0.15) is 59.7 Å². The highest BCUT2D eigenvalue weighted by Gasteiger charge is 2.80. The van der Waals surface area contributed by atoms with E-state index in [1.807, 2.05) is 26.8 Å². The highest BCUT2D eigenvalue weighted by molar-refractivity contribution is 5.88. The number of hydrogen-bond acceptors (Lipinski definition) is 18. The number of rotatable bonds is 13. The molecule has 67 heavy (non-hydrogen) atoms. The van der Waals surface area contributed by atoms with Crippen LogP contribution in [0.3, 0.4) is 0 Å². The summed E-state index contributed by atoms with van der Waals surface area (Å²) in [6.07, 6.45) is -6.17. The summed E-state index contributed by atoms with van der Waals surface area (Å²) in [4.78, 5) is 40.0. The Morgan fingerprint density at radius 2 is 1.36 bits per heavy atom. The molecule has 4 N–H and O–H groups in total. The van der Waals surface area contributed by atoms with Gasteiger partial charge in [-0.3, -0.25) is 9.59 Å². The number of methoxy groups -OCH3 is 3. The van der Waals surface area contributed by atoms with Crippen LogP contribution in [0.25, 0.3) is 0 Å². The highest BCUT2D eigenvalue weighted by Crippen LogP contribution is 2.70. The minimum Gasteiger partial charge on any atom is -0.458 e. The van der Waals surface area contributed by atoms with Crippen LogP contribution in [0.5, 0.6) is 0 Å². The molecule has 3 saturated heterocycles. The zero-order valence-corrected chi connectivity index (χ0v) is 41.2. The molecule has 0 aromatic carbocycles. The molecule has 3 heterocycles. The van der Waals surface area contributed by atoms with Gasteiger partial charge in [-0.05, 0) is 85.5 Å². The van der Waals surface area contributed by atoms with Crippen molar-refractivity contribution in [2.24, 2.45) is 22.7 Å². The van der Waals surface area contributed by atoms with Crippen LogP contribution < -0.4 is 0 Å². The van der Waals surface area contributed by atoms with Crippen LogP contribution in [0.15, 0.2) is 23.3 Å². The predicted molar refractivity (Wildman–Crippen MR) is 236 cm³/mol. The largest absolute Gasteiger partial charge is 0.458 e. The van der Waals surface area contributed by atoms with Gasteiger partial charge in [-0.2, -0.15) is 0 Å². The van der Waals surface area contributed by atoms with Gasteiger partial charge in [0, 0.05) is 63.9 Å². The molecule has 0 amide bonds. The molecule has 3 aliphatic heterocycles. The second kappa shape index (κ2) is 20.0. The summed E-state index contributed by atoms with van der Waals surface area (Å²) in [6.45, 7) is 15.1. The van der Waals surface area contributed by atoms with Crippen molar-refractivity contribution >= 4 is 17.7 Å². The molecular formula is C49H76O18. The summed E-state index contributed by atoms with van der Waals surface area (Å²) < 4.78 is 67.8. The predicted octanol–water partition coefficient (Wildman–Crippen LogP) is 3.35. The first-order valence-corrected chi connectivity index (χ1v) is 24.1. The molecule has 0 radical (unpaired) electrons. The van der Waals surface area contributed by atoms with Crippen molar-refractivity contribution in [2.75, 3.05) is 21.3 Å². The Bertz CT molecular complexity index is 1880. The molecule has 0 bridgehead atoms. The SMILES string of the molecule is C/C=C(\C)C(=O)O[C@@H]1[C@@H](OC(C)=O)[C@@H]2[C@@]3(C)CC[C@H](O[C@H]4C[C@H](OC)[C@H](O[C@H]5C[C@H](OC)[C@H](O[C@@H]6O[C@H](C)[C@@H](O)[C@@H](OC)[C@H]6O)[C@@H](C)O5)[C@@H](C)O4)CC3=CC[C@@]2(O)[C@@]2(O)CC[C@@H](C(C)=O)[C@@]12C. The maximum Gasteiger partial charge on any atom is 0.333 e. The lowest BCUT2D eigenvalue weighted by Crippen LogP contribution is -2.80. The van der Waals surface area contributed by atoms with Gasteiger partial charge in [0.25, 0.3) is 0 Å². The standard InChI is InChI=1S/C49H76O18/c1-13-23(2)44(54)67-43-41(63-28(7)51)42-46(8)17-15-30(20-29(46)14-18-48(42,55)49(56)19-16-31(24(3)50)47(43,49)9)64-34-21-32(57-10)38(26(5)60-34)65-35-22-33(58-11)39(27(6)61-35)66-45-37(53)40(59-12)36(52)25(4)62-45/h13-14,25-27,30-43,45,52-53,55-56H,15-22H2,1-12H3/b23-13+/t25-,26-,27-,30+,31+,32+,33+,34+,35+,36-,37-,38-,39-,40-,41+,42-,43-,45+,46+,47+,48+,49-/m1/s1. The van der Waals surface area contributed by atoms with Crippen LogP contribution in [-0.2, 0) is 66.5 Å². The van der Waals surface area contributed by atoms with Gasteiger partial charge in [0.2, 0.25) is 0 Å². The number of carbonyl (C=O) groups excluding carboxylic acids is 3. The first kappa shape index (κ1) is 52.4. The van der Waals surface area contributed by atoms with E-state index in [-0.39, 0.29) is 37.6 Å². The topological polar surface area (TPSA) is 234 Å². The number of ether oxygens (including phenoxy) is 11. The Morgan fingerprint density at radius 3 is 1.93 bits per heavy atom. The Morgan fingerprint density at radius 1 is 0.746 bits per heavy atom. The van der Waals surface area contributed by atoms with E-state index in [0.717, 1.165) is 5.57 Å². The lowest BCUT2D eigenvalue weighted by Gasteiger charge is -2.68. The van der Waals surface area contributed by atoms with E-state index in [9.17, 15) is 34.8 Å². The number of ketones is 1. The summed E-state index contributed by atoms with van der Waals surface area (Å²) in [6, 6.07) is 0. The third kappa shape index (κ3) is 9.01. The molecule has 4 aliphatic carbocycles. The third-order valence-electron chi connectivity index (χ3n) is 17.0. The van der Waals surface area contributed by atoms with Crippen LogP contribution in [0.2, 0.25) is 0 Å². The van der Waals surface area contributed by atoms with Crippen molar-refractivity contribution in [1.82, 2.24) is 0 Å². The number of aliphatic hydroxyl groups is 4. The Hall–Kier alpha value is -2.43. The van der Waals surface area contributed by atoms with Gasteiger partial charge < -0.3 is 72.5 Å².